The van der Waals surface area contributed by atoms with Crippen LogP contribution in [0.15, 0.2) is 41.3 Å². The van der Waals surface area contributed by atoms with E-state index >= 15 is 0 Å². The zero-order valence-corrected chi connectivity index (χ0v) is 17.4. The van der Waals surface area contributed by atoms with E-state index in [4.69, 9.17) is 11.6 Å². The van der Waals surface area contributed by atoms with Crippen LogP contribution in [0.3, 0.4) is 0 Å². The van der Waals surface area contributed by atoms with Gasteiger partial charge in [0.2, 0.25) is 11.8 Å². The van der Waals surface area contributed by atoms with E-state index in [9.17, 15) is 18.0 Å². The molecule has 1 atom stereocenters. The molecule has 6 nitrogen and oxygen atoms in total. The third-order valence-corrected chi connectivity index (χ3v) is 6.37. The molecule has 8 heteroatoms. The quantitative estimate of drug-likeness (QED) is 0.823. The molecule has 148 valence electrons. The molecule has 1 N–H and O–H groups in total. The Morgan fingerprint density at radius 1 is 1.11 bits per heavy atom. The Hall–Kier alpha value is -2.38. The topological polar surface area (TPSA) is 83.6 Å². The van der Waals surface area contributed by atoms with E-state index in [1.165, 1.54) is 24.3 Å². The molecule has 0 radical (unpaired) electrons. The monoisotopic (exact) mass is 420 g/mol. The van der Waals surface area contributed by atoms with Crippen LogP contribution >= 0.6 is 11.6 Å². The number of nitrogens with zero attached hydrogens (tertiary/aromatic N) is 1. The number of carbonyl (C=O) groups excluding carboxylic acids is 2. The van der Waals surface area contributed by atoms with Gasteiger partial charge in [-0.25, -0.2) is 13.1 Å². The maximum atomic E-state index is 12.6. The highest BCUT2D eigenvalue weighted by Crippen LogP contribution is 2.32. The lowest BCUT2D eigenvalue weighted by Crippen LogP contribution is -2.37. The number of hydrogen-bond donors (Lipinski definition) is 1. The molecule has 0 spiro atoms. The van der Waals surface area contributed by atoms with Crippen LogP contribution in [0.2, 0.25) is 5.02 Å². The number of anilines is 1. The van der Waals surface area contributed by atoms with Gasteiger partial charge in [-0.3, -0.25) is 9.59 Å². The molecule has 1 fully saturated rings. The van der Waals surface area contributed by atoms with Crippen LogP contribution in [-0.2, 0) is 19.6 Å². The van der Waals surface area contributed by atoms with E-state index in [0.29, 0.717) is 5.02 Å². The number of amides is 2. The first-order chi connectivity index (χ1) is 13.1. The largest absolute Gasteiger partial charge is 0.311 e. The molecule has 1 aliphatic heterocycles. The van der Waals surface area contributed by atoms with Crippen molar-refractivity contribution in [2.75, 3.05) is 11.4 Å². The average Bonchev–Trinajstić information content (AvgIpc) is 2.96. The Bertz CT molecular complexity index is 1030. The summed E-state index contributed by atoms with van der Waals surface area (Å²) in [6.07, 6.45) is -0.0330. The van der Waals surface area contributed by atoms with E-state index in [2.05, 4.69) is 4.72 Å². The fourth-order valence-corrected chi connectivity index (χ4v) is 4.76. The van der Waals surface area contributed by atoms with Gasteiger partial charge in [0.1, 0.15) is 0 Å². The maximum Gasteiger partial charge on any atom is 0.264 e. The van der Waals surface area contributed by atoms with E-state index in [1.54, 1.807) is 4.90 Å². The normalized spacial score (nSPS) is 17.1. The van der Waals surface area contributed by atoms with Gasteiger partial charge in [-0.2, -0.15) is 0 Å². The van der Waals surface area contributed by atoms with Crippen molar-refractivity contribution in [1.29, 1.82) is 0 Å². The lowest BCUT2D eigenvalue weighted by molar-refractivity contribution is -0.124. The third kappa shape index (κ3) is 4.05. The molecule has 28 heavy (non-hydrogen) atoms. The Kier molecular flexibility index (Phi) is 5.50. The maximum absolute atomic E-state index is 12.6. The lowest BCUT2D eigenvalue weighted by atomic mass is 10.0. The van der Waals surface area contributed by atoms with Crippen molar-refractivity contribution >= 4 is 39.1 Å². The van der Waals surface area contributed by atoms with Crippen LogP contribution < -0.4 is 9.62 Å². The predicted octanol–water partition coefficient (Wildman–Crippen LogP) is 3.12. The molecular weight excluding hydrogens is 400 g/mol. The summed E-state index contributed by atoms with van der Waals surface area (Å²) < 4.78 is 26.9. The van der Waals surface area contributed by atoms with Crippen molar-refractivity contribution in [3.8, 4) is 0 Å². The van der Waals surface area contributed by atoms with E-state index in [1.807, 2.05) is 32.9 Å². The molecule has 2 aromatic carbocycles. The summed E-state index contributed by atoms with van der Waals surface area (Å²) in [5, 5.41) is 0.395. The van der Waals surface area contributed by atoms with Gasteiger partial charge >= 0.3 is 0 Å². The van der Waals surface area contributed by atoms with Crippen molar-refractivity contribution in [3.63, 3.8) is 0 Å². The highest BCUT2D eigenvalue weighted by atomic mass is 35.5. The molecule has 3 rings (SSSR count). The number of carbonyl (C=O) groups is 2. The summed E-state index contributed by atoms with van der Waals surface area (Å²) in [6.45, 7) is 5.96. The molecule has 2 amide bonds. The second kappa shape index (κ2) is 7.56. The van der Waals surface area contributed by atoms with Gasteiger partial charge in [0.05, 0.1) is 10.8 Å². The molecule has 1 heterocycles. The van der Waals surface area contributed by atoms with Crippen LogP contribution in [0.25, 0.3) is 0 Å². The van der Waals surface area contributed by atoms with Gasteiger partial charge in [-0.1, -0.05) is 29.3 Å². The summed E-state index contributed by atoms with van der Waals surface area (Å²) in [7, 11) is -4.02. The summed E-state index contributed by atoms with van der Waals surface area (Å²) in [4.78, 5) is 26.6. The second-order valence-corrected chi connectivity index (χ2v) is 9.20. The molecule has 0 saturated carbocycles. The predicted molar refractivity (Wildman–Crippen MR) is 108 cm³/mol. The first-order valence-corrected chi connectivity index (χ1v) is 10.6. The molecule has 0 aliphatic carbocycles. The van der Waals surface area contributed by atoms with Gasteiger partial charge in [0, 0.05) is 23.7 Å². The SMILES string of the molecule is Cc1cc(C)c(N2CC(C(=O)NS(=O)(=O)c3ccc(Cl)cc3)CC2=O)c(C)c1. The Morgan fingerprint density at radius 2 is 1.68 bits per heavy atom. The van der Waals surface area contributed by atoms with Gasteiger partial charge in [0.15, 0.2) is 0 Å². The second-order valence-electron chi connectivity index (χ2n) is 7.08. The number of benzene rings is 2. The number of sulfonamides is 1. The Labute approximate surface area is 169 Å². The fourth-order valence-electron chi connectivity index (χ4n) is 3.59. The minimum Gasteiger partial charge on any atom is -0.311 e. The van der Waals surface area contributed by atoms with Crippen LogP contribution in [0.5, 0.6) is 0 Å². The zero-order valence-electron chi connectivity index (χ0n) is 15.8. The highest BCUT2D eigenvalue weighted by molar-refractivity contribution is 7.90. The third-order valence-electron chi connectivity index (χ3n) is 4.76. The first kappa shape index (κ1) is 20.4. The van der Waals surface area contributed by atoms with Crippen molar-refractivity contribution < 1.29 is 18.0 Å². The molecule has 1 unspecified atom stereocenters. The van der Waals surface area contributed by atoms with E-state index in [0.717, 1.165) is 22.4 Å². The molecule has 1 aliphatic rings. The van der Waals surface area contributed by atoms with Crippen molar-refractivity contribution in [2.24, 2.45) is 5.92 Å². The van der Waals surface area contributed by atoms with E-state index in [-0.39, 0.29) is 23.8 Å². The van der Waals surface area contributed by atoms with Crippen LogP contribution in [0.1, 0.15) is 23.1 Å². The number of rotatable bonds is 4. The summed E-state index contributed by atoms with van der Waals surface area (Å²) in [5.74, 6) is -1.62. The highest BCUT2D eigenvalue weighted by Gasteiger charge is 2.37. The van der Waals surface area contributed by atoms with Crippen LogP contribution in [0, 0.1) is 26.7 Å². The fraction of sp³-hybridized carbons (Fsp3) is 0.300. The van der Waals surface area contributed by atoms with Gasteiger partial charge in [0.25, 0.3) is 10.0 Å². The number of nitrogens with one attached hydrogen (secondary N) is 1. The van der Waals surface area contributed by atoms with Gasteiger partial charge < -0.3 is 4.90 Å². The van der Waals surface area contributed by atoms with Crippen molar-refractivity contribution in [3.05, 3.63) is 58.1 Å². The molecule has 0 aromatic heterocycles. The summed E-state index contributed by atoms with van der Waals surface area (Å²) in [5.41, 5.74) is 3.77. The van der Waals surface area contributed by atoms with Crippen molar-refractivity contribution in [1.82, 2.24) is 4.72 Å². The molecule has 2 aromatic rings. The van der Waals surface area contributed by atoms with Crippen LogP contribution in [-0.4, -0.2) is 26.8 Å². The number of aryl methyl sites for hydroxylation is 3. The van der Waals surface area contributed by atoms with Crippen molar-refractivity contribution in [2.45, 2.75) is 32.1 Å². The average molecular weight is 421 g/mol. The summed E-state index contributed by atoms with van der Waals surface area (Å²) >= 11 is 5.77. The minimum absolute atomic E-state index is 0.0330. The molecule has 0 bridgehead atoms. The molecule has 1 saturated heterocycles. The number of halogens is 1. The number of hydrogen-bond acceptors (Lipinski definition) is 4. The van der Waals surface area contributed by atoms with Gasteiger partial charge in [-0.05, 0) is 56.2 Å². The van der Waals surface area contributed by atoms with E-state index < -0.39 is 21.8 Å². The van der Waals surface area contributed by atoms with Crippen LogP contribution in [0.4, 0.5) is 5.69 Å². The summed E-state index contributed by atoms with van der Waals surface area (Å²) in [6, 6.07) is 9.48. The first-order valence-electron chi connectivity index (χ1n) is 8.79. The minimum atomic E-state index is -4.02. The standard InChI is InChI=1S/C20H21ClN2O4S/c1-12-8-13(2)19(14(3)9-12)23-11-15(10-18(23)24)20(25)22-28(26,27)17-6-4-16(21)5-7-17/h4-9,15H,10-11H2,1-3H3,(H,22,25). The Morgan fingerprint density at radius 3 is 2.25 bits per heavy atom. The lowest BCUT2D eigenvalue weighted by Gasteiger charge is -2.22. The van der Waals surface area contributed by atoms with Gasteiger partial charge in [-0.15, -0.1) is 0 Å². The Balaban J connectivity index is 1.78. The zero-order chi connectivity index (χ0) is 20.6. The smallest absolute Gasteiger partial charge is 0.264 e. The molecular formula is C20H21ClN2O4S.